The second kappa shape index (κ2) is 6.23. The number of halogens is 1. The topological polar surface area (TPSA) is 44.8 Å². The molecule has 1 aromatic rings. The van der Waals surface area contributed by atoms with Crippen molar-refractivity contribution in [3.8, 4) is 11.5 Å². The fraction of sp³-hybridized carbons (Fsp3) is 0.364. The first-order chi connectivity index (χ1) is 7.74. The van der Waals surface area contributed by atoms with Crippen LogP contribution in [0.2, 0.25) is 0 Å². The molecule has 88 valence electrons. The number of alkyl halides is 1. The van der Waals surface area contributed by atoms with Gasteiger partial charge in [0.2, 0.25) is 0 Å². The number of carbonyl (C=O) groups excluding carboxylic acids is 1. The molecule has 0 aliphatic rings. The Labute approximate surface area is 99.1 Å². The average molecular weight is 245 g/mol. The number of carbonyl (C=O) groups is 1. The van der Waals surface area contributed by atoms with Crippen molar-refractivity contribution < 1.29 is 19.0 Å². The maximum absolute atomic E-state index is 11.5. The SMILES string of the molecule is COC(=O)c1cccc(OC)c1OCCCl. The lowest BCUT2D eigenvalue weighted by atomic mass is 10.2. The van der Waals surface area contributed by atoms with Crippen LogP contribution in [0.1, 0.15) is 10.4 Å². The van der Waals surface area contributed by atoms with E-state index >= 15 is 0 Å². The molecule has 0 saturated carbocycles. The van der Waals surface area contributed by atoms with E-state index < -0.39 is 5.97 Å². The molecule has 0 aliphatic heterocycles. The van der Waals surface area contributed by atoms with E-state index in [0.29, 0.717) is 29.5 Å². The van der Waals surface area contributed by atoms with Crippen LogP contribution in [0.15, 0.2) is 18.2 Å². The minimum atomic E-state index is -0.469. The van der Waals surface area contributed by atoms with Gasteiger partial charge in [-0.3, -0.25) is 0 Å². The monoisotopic (exact) mass is 244 g/mol. The van der Waals surface area contributed by atoms with Gasteiger partial charge in [-0.25, -0.2) is 4.79 Å². The van der Waals surface area contributed by atoms with Crippen LogP contribution in [-0.2, 0) is 4.74 Å². The van der Waals surface area contributed by atoms with E-state index in [1.165, 1.54) is 14.2 Å². The highest BCUT2D eigenvalue weighted by Gasteiger charge is 2.17. The van der Waals surface area contributed by atoms with Crippen molar-refractivity contribution in [2.24, 2.45) is 0 Å². The van der Waals surface area contributed by atoms with Crippen molar-refractivity contribution in [2.45, 2.75) is 0 Å². The van der Waals surface area contributed by atoms with E-state index in [9.17, 15) is 4.79 Å². The van der Waals surface area contributed by atoms with Gasteiger partial charge in [-0.05, 0) is 12.1 Å². The third kappa shape index (κ3) is 2.79. The Balaban J connectivity index is 3.09. The predicted molar refractivity (Wildman–Crippen MR) is 60.5 cm³/mol. The van der Waals surface area contributed by atoms with Crippen molar-refractivity contribution in [2.75, 3.05) is 26.7 Å². The predicted octanol–water partition coefficient (Wildman–Crippen LogP) is 2.10. The minimum Gasteiger partial charge on any atom is -0.493 e. The molecule has 4 nitrogen and oxygen atoms in total. The van der Waals surface area contributed by atoms with Gasteiger partial charge in [0.05, 0.1) is 20.1 Å². The van der Waals surface area contributed by atoms with E-state index in [-0.39, 0.29) is 0 Å². The standard InChI is InChI=1S/C11H13ClO4/c1-14-9-5-3-4-8(11(13)15-2)10(9)16-7-6-12/h3-5H,6-7H2,1-2H3. The first kappa shape index (κ1) is 12.6. The van der Waals surface area contributed by atoms with Gasteiger partial charge >= 0.3 is 5.97 Å². The van der Waals surface area contributed by atoms with E-state index in [1.807, 2.05) is 0 Å². The third-order valence-electron chi connectivity index (χ3n) is 1.93. The van der Waals surface area contributed by atoms with Crippen LogP contribution < -0.4 is 9.47 Å². The summed E-state index contributed by atoms with van der Waals surface area (Å²) >= 11 is 5.53. The number of methoxy groups -OCH3 is 2. The van der Waals surface area contributed by atoms with Crippen LogP contribution in [0.4, 0.5) is 0 Å². The van der Waals surface area contributed by atoms with Gasteiger partial charge in [-0.15, -0.1) is 11.6 Å². The number of rotatable bonds is 5. The average Bonchev–Trinajstić information content (AvgIpc) is 2.34. The highest BCUT2D eigenvalue weighted by molar-refractivity contribution is 6.18. The van der Waals surface area contributed by atoms with Crippen molar-refractivity contribution >= 4 is 17.6 Å². The largest absolute Gasteiger partial charge is 0.493 e. The van der Waals surface area contributed by atoms with E-state index in [4.69, 9.17) is 21.1 Å². The van der Waals surface area contributed by atoms with Crippen molar-refractivity contribution in [3.63, 3.8) is 0 Å². The molecule has 0 saturated heterocycles. The maximum Gasteiger partial charge on any atom is 0.341 e. The van der Waals surface area contributed by atoms with Gasteiger partial charge in [-0.1, -0.05) is 6.07 Å². The summed E-state index contributed by atoms with van der Waals surface area (Å²) in [6.07, 6.45) is 0. The summed E-state index contributed by atoms with van der Waals surface area (Å²) in [7, 11) is 2.82. The molecule has 0 bridgehead atoms. The van der Waals surface area contributed by atoms with Gasteiger partial charge in [0.25, 0.3) is 0 Å². The summed E-state index contributed by atoms with van der Waals surface area (Å²) in [6.45, 7) is 0.298. The fourth-order valence-corrected chi connectivity index (χ4v) is 1.31. The molecule has 0 aromatic heterocycles. The van der Waals surface area contributed by atoms with Crippen molar-refractivity contribution in [3.05, 3.63) is 23.8 Å². The molecule has 0 radical (unpaired) electrons. The molecule has 0 heterocycles. The van der Waals surface area contributed by atoms with Gasteiger partial charge in [0, 0.05) is 0 Å². The van der Waals surface area contributed by atoms with Gasteiger partial charge < -0.3 is 14.2 Å². The van der Waals surface area contributed by atoms with Gasteiger partial charge in [-0.2, -0.15) is 0 Å². The zero-order chi connectivity index (χ0) is 12.0. The molecule has 0 fully saturated rings. The van der Waals surface area contributed by atoms with Crippen LogP contribution in [0.25, 0.3) is 0 Å². The number of benzene rings is 1. The molecule has 0 unspecified atom stereocenters. The molecule has 0 spiro atoms. The molecule has 1 rings (SSSR count). The summed E-state index contributed by atoms with van der Waals surface area (Å²) < 4.78 is 15.1. The Morgan fingerprint density at radius 2 is 2.12 bits per heavy atom. The third-order valence-corrected chi connectivity index (χ3v) is 2.08. The summed E-state index contributed by atoms with van der Waals surface area (Å²) in [5, 5.41) is 0. The summed E-state index contributed by atoms with van der Waals surface area (Å²) in [5.74, 6) is 0.701. The number of ether oxygens (including phenoxy) is 3. The summed E-state index contributed by atoms with van der Waals surface area (Å²) in [5.41, 5.74) is 0.326. The highest BCUT2D eigenvalue weighted by atomic mass is 35.5. The Morgan fingerprint density at radius 3 is 2.69 bits per heavy atom. The molecular formula is C11H13ClO4. The van der Waals surface area contributed by atoms with Gasteiger partial charge in [0.15, 0.2) is 11.5 Å². The second-order valence-electron chi connectivity index (χ2n) is 2.87. The normalized spacial score (nSPS) is 9.69. The lowest BCUT2D eigenvalue weighted by molar-refractivity contribution is 0.0595. The molecule has 0 aliphatic carbocycles. The molecular weight excluding hydrogens is 232 g/mol. The number of para-hydroxylation sites is 1. The van der Waals surface area contributed by atoms with E-state index in [2.05, 4.69) is 4.74 Å². The Bertz CT molecular complexity index is 365. The molecule has 5 heteroatoms. The van der Waals surface area contributed by atoms with E-state index in [1.54, 1.807) is 18.2 Å². The zero-order valence-electron chi connectivity index (χ0n) is 9.16. The summed E-state index contributed by atoms with van der Waals surface area (Å²) in [4.78, 5) is 11.5. The van der Waals surface area contributed by atoms with Crippen LogP contribution in [0.3, 0.4) is 0 Å². The fourth-order valence-electron chi connectivity index (χ4n) is 1.24. The minimum absolute atomic E-state index is 0.298. The van der Waals surface area contributed by atoms with Crippen LogP contribution >= 0.6 is 11.6 Å². The molecule has 1 aromatic carbocycles. The van der Waals surface area contributed by atoms with Crippen molar-refractivity contribution in [1.82, 2.24) is 0 Å². The Morgan fingerprint density at radius 1 is 1.38 bits per heavy atom. The highest BCUT2D eigenvalue weighted by Crippen LogP contribution is 2.31. The molecule has 0 atom stereocenters. The number of hydrogen-bond donors (Lipinski definition) is 0. The Hall–Kier alpha value is -1.42. The first-order valence-corrected chi connectivity index (χ1v) is 5.22. The smallest absolute Gasteiger partial charge is 0.341 e. The second-order valence-corrected chi connectivity index (χ2v) is 3.24. The molecule has 0 N–H and O–H groups in total. The zero-order valence-corrected chi connectivity index (χ0v) is 9.91. The lowest BCUT2D eigenvalue weighted by Crippen LogP contribution is -2.08. The van der Waals surface area contributed by atoms with Crippen molar-refractivity contribution in [1.29, 1.82) is 0 Å². The Kier molecular flexibility index (Phi) is 4.92. The van der Waals surface area contributed by atoms with Crippen LogP contribution in [0, 0.1) is 0 Å². The number of esters is 1. The van der Waals surface area contributed by atoms with Crippen LogP contribution in [0.5, 0.6) is 11.5 Å². The maximum atomic E-state index is 11.5. The molecule has 0 amide bonds. The lowest BCUT2D eigenvalue weighted by Gasteiger charge is -2.12. The van der Waals surface area contributed by atoms with Gasteiger partial charge in [0.1, 0.15) is 12.2 Å². The summed E-state index contributed by atoms with van der Waals surface area (Å²) in [6, 6.07) is 5.01. The van der Waals surface area contributed by atoms with Crippen LogP contribution in [-0.4, -0.2) is 32.7 Å². The quantitative estimate of drug-likeness (QED) is 0.588. The molecule has 16 heavy (non-hydrogen) atoms. The number of hydrogen-bond acceptors (Lipinski definition) is 4. The first-order valence-electron chi connectivity index (χ1n) is 4.68. The van der Waals surface area contributed by atoms with E-state index in [0.717, 1.165) is 0 Å².